The van der Waals surface area contributed by atoms with Gasteiger partial charge in [-0.15, -0.1) is 11.8 Å². The van der Waals surface area contributed by atoms with Crippen LogP contribution in [0.4, 0.5) is 0 Å². The second-order valence-electron chi connectivity index (χ2n) is 8.59. The Morgan fingerprint density at radius 2 is 1.69 bits per heavy atom. The summed E-state index contributed by atoms with van der Waals surface area (Å²) in [5.74, 6) is 0.0988. The quantitative estimate of drug-likeness (QED) is 0.235. The highest BCUT2D eigenvalue weighted by Gasteiger charge is 2.16. The number of thioether (sulfide) groups is 1. The molecule has 166 valence electrons. The summed E-state index contributed by atoms with van der Waals surface area (Å²) in [4.78, 5) is 25.7. The van der Waals surface area contributed by atoms with E-state index in [1.54, 1.807) is 0 Å². The van der Waals surface area contributed by atoms with E-state index in [9.17, 15) is 9.59 Å². The smallest absolute Gasteiger partial charge is 0.316 e. The highest BCUT2D eigenvalue weighted by atomic mass is 32.2. The molecule has 0 aliphatic heterocycles. The zero-order valence-corrected chi connectivity index (χ0v) is 19.8. The Morgan fingerprint density at radius 1 is 1.00 bits per heavy atom. The molecule has 2 aromatic carbocycles. The Bertz CT molecular complexity index is 1090. The third-order valence-corrected chi connectivity index (χ3v) is 5.63. The standard InChI is InChI=1S/C27H29NO3S/c1-20-9-13-22(14-10-20)26(30)24-8-6-18-28(24)17-5-7-21-11-15-23(16-12-21)32-19-25(29)31-27(2,3)4/h5-16,18H,17,19H2,1-4H3/b7-5+. The van der Waals surface area contributed by atoms with Gasteiger partial charge in [0.1, 0.15) is 5.60 Å². The Labute approximate surface area is 194 Å². The number of nitrogens with zero attached hydrogens (tertiary/aromatic N) is 1. The first kappa shape index (κ1) is 23.6. The fourth-order valence-electron chi connectivity index (χ4n) is 3.12. The van der Waals surface area contributed by atoms with Crippen LogP contribution >= 0.6 is 11.8 Å². The van der Waals surface area contributed by atoms with E-state index >= 15 is 0 Å². The molecule has 1 heterocycles. The second-order valence-corrected chi connectivity index (χ2v) is 9.64. The Morgan fingerprint density at radius 3 is 2.34 bits per heavy atom. The lowest BCUT2D eigenvalue weighted by molar-refractivity contribution is -0.151. The van der Waals surface area contributed by atoms with Gasteiger partial charge >= 0.3 is 5.97 Å². The predicted octanol–water partition coefficient (Wildman–Crippen LogP) is 6.17. The fraction of sp³-hybridized carbons (Fsp3) is 0.259. The van der Waals surface area contributed by atoms with Crippen molar-refractivity contribution in [3.05, 3.63) is 95.3 Å². The van der Waals surface area contributed by atoms with Crippen LogP contribution in [0, 0.1) is 6.92 Å². The average Bonchev–Trinajstić information content (AvgIpc) is 3.20. The van der Waals surface area contributed by atoms with Crippen molar-refractivity contribution in [3.8, 4) is 0 Å². The molecular weight excluding hydrogens is 418 g/mol. The van der Waals surface area contributed by atoms with E-state index in [0.29, 0.717) is 17.8 Å². The number of hydrogen-bond donors (Lipinski definition) is 0. The first-order valence-electron chi connectivity index (χ1n) is 10.6. The van der Waals surface area contributed by atoms with Gasteiger partial charge in [-0.1, -0.05) is 54.1 Å². The SMILES string of the molecule is Cc1ccc(C(=O)c2cccn2C/C=C/c2ccc(SCC(=O)OC(C)(C)C)cc2)cc1. The van der Waals surface area contributed by atoms with Crippen molar-refractivity contribution < 1.29 is 14.3 Å². The highest BCUT2D eigenvalue weighted by Crippen LogP contribution is 2.20. The van der Waals surface area contributed by atoms with Gasteiger partial charge in [-0.25, -0.2) is 0 Å². The van der Waals surface area contributed by atoms with Crippen molar-refractivity contribution in [2.75, 3.05) is 5.75 Å². The average molecular weight is 448 g/mol. The molecule has 1 aromatic heterocycles. The van der Waals surface area contributed by atoms with Gasteiger partial charge in [-0.05, 0) is 57.5 Å². The molecule has 0 aliphatic carbocycles. The van der Waals surface area contributed by atoms with Crippen molar-refractivity contribution in [2.45, 2.75) is 44.7 Å². The van der Waals surface area contributed by atoms with Crippen LogP contribution in [0.2, 0.25) is 0 Å². The van der Waals surface area contributed by atoms with Crippen LogP contribution in [0.5, 0.6) is 0 Å². The molecule has 0 spiro atoms. The number of allylic oxidation sites excluding steroid dienone is 1. The molecule has 0 aliphatic rings. The van der Waals surface area contributed by atoms with Crippen molar-refractivity contribution in [1.29, 1.82) is 0 Å². The molecule has 0 amide bonds. The predicted molar refractivity (Wildman–Crippen MR) is 131 cm³/mol. The van der Waals surface area contributed by atoms with Gasteiger partial charge < -0.3 is 9.30 Å². The molecule has 0 fully saturated rings. The van der Waals surface area contributed by atoms with E-state index in [2.05, 4.69) is 0 Å². The largest absolute Gasteiger partial charge is 0.459 e. The number of ether oxygens (including phenoxy) is 1. The number of esters is 1. The van der Waals surface area contributed by atoms with Crippen LogP contribution in [-0.2, 0) is 16.1 Å². The molecule has 0 radical (unpaired) electrons. The van der Waals surface area contributed by atoms with Gasteiger partial charge in [0.05, 0.1) is 11.4 Å². The Kier molecular flexibility index (Phi) is 7.75. The number of aromatic nitrogens is 1. The maximum absolute atomic E-state index is 12.8. The van der Waals surface area contributed by atoms with Crippen molar-refractivity contribution in [2.24, 2.45) is 0 Å². The van der Waals surface area contributed by atoms with Gasteiger partial charge in [-0.2, -0.15) is 0 Å². The van der Waals surface area contributed by atoms with Crippen LogP contribution < -0.4 is 0 Å². The molecule has 0 saturated carbocycles. The molecular formula is C27H29NO3S. The van der Waals surface area contributed by atoms with Gasteiger partial charge in [0.25, 0.3) is 0 Å². The van der Waals surface area contributed by atoms with Gasteiger partial charge in [0, 0.05) is 23.2 Å². The minimum atomic E-state index is -0.462. The summed E-state index contributed by atoms with van der Waals surface area (Å²) in [6.45, 7) is 8.21. The third-order valence-electron chi connectivity index (χ3n) is 4.65. The highest BCUT2D eigenvalue weighted by molar-refractivity contribution is 8.00. The van der Waals surface area contributed by atoms with Crippen LogP contribution in [0.1, 0.15) is 48.0 Å². The summed E-state index contributed by atoms with van der Waals surface area (Å²) >= 11 is 1.46. The Hall–Kier alpha value is -3.05. The fourth-order valence-corrected chi connectivity index (χ4v) is 3.79. The molecule has 4 nitrogen and oxygen atoms in total. The van der Waals surface area contributed by atoms with Crippen LogP contribution in [0.25, 0.3) is 6.08 Å². The Balaban J connectivity index is 1.56. The van der Waals surface area contributed by atoms with Crippen LogP contribution in [-0.4, -0.2) is 27.7 Å². The molecule has 5 heteroatoms. The van der Waals surface area contributed by atoms with Crippen LogP contribution in [0.15, 0.2) is 77.8 Å². The lowest BCUT2D eigenvalue weighted by Gasteiger charge is -2.19. The molecule has 0 N–H and O–H groups in total. The number of benzene rings is 2. The second kappa shape index (κ2) is 10.5. The number of rotatable bonds is 8. The molecule has 3 rings (SSSR count). The molecule has 0 unspecified atom stereocenters. The third kappa shape index (κ3) is 6.99. The van der Waals surface area contributed by atoms with E-state index in [-0.39, 0.29) is 17.5 Å². The number of carbonyl (C=O) groups is 2. The van der Waals surface area contributed by atoms with E-state index in [1.165, 1.54) is 11.8 Å². The number of aryl methyl sites for hydroxylation is 1. The lowest BCUT2D eigenvalue weighted by Crippen LogP contribution is -2.24. The maximum atomic E-state index is 12.8. The van der Waals surface area contributed by atoms with E-state index < -0.39 is 5.60 Å². The van der Waals surface area contributed by atoms with E-state index in [0.717, 1.165) is 16.0 Å². The number of carbonyl (C=O) groups excluding carboxylic acids is 2. The normalized spacial score (nSPS) is 11.6. The van der Waals surface area contributed by atoms with Crippen molar-refractivity contribution in [1.82, 2.24) is 4.57 Å². The summed E-state index contributed by atoms with van der Waals surface area (Å²) in [6.07, 6.45) is 5.99. The molecule has 0 bridgehead atoms. The first-order valence-corrected chi connectivity index (χ1v) is 11.6. The molecule has 3 aromatic rings. The first-order chi connectivity index (χ1) is 15.2. The number of hydrogen-bond acceptors (Lipinski definition) is 4. The minimum absolute atomic E-state index is 0.0229. The molecule has 0 saturated heterocycles. The van der Waals surface area contributed by atoms with Gasteiger partial charge in [-0.3, -0.25) is 9.59 Å². The minimum Gasteiger partial charge on any atom is -0.459 e. The summed E-state index contributed by atoms with van der Waals surface area (Å²) in [5, 5.41) is 0. The lowest BCUT2D eigenvalue weighted by atomic mass is 10.1. The zero-order chi connectivity index (χ0) is 23.1. The summed E-state index contributed by atoms with van der Waals surface area (Å²) in [5.41, 5.74) is 3.10. The summed E-state index contributed by atoms with van der Waals surface area (Å²) in [6, 6.07) is 19.4. The van der Waals surface area contributed by atoms with Crippen molar-refractivity contribution >= 4 is 29.6 Å². The van der Waals surface area contributed by atoms with E-state index in [4.69, 9.17) is 4.74 Å². The van der Waals surface area contributed by atoms with Gasteiger partial charge in [0.15, 0.2) is 0 Å². The summed E-state index contributed by atoms with van der Waals surface area (Å²) in [7, 11) is 0. The van der Waals surface area contributed by atoms with Crippen LogP contribution in [0.3, 0.4) is 0 Å². The molecule has 32 heavy (non-hydrogen) atoms. The summed E-state index contributed by atoms with van der Waals surface area (Å²) < 4.78 is 7.28. The van der Waals surface area contributed by atoms with E-state index in [1.807, 2.05) is 111 Å². The zero-order valence-electron chi connectivity index (χ0n) is 19.0. The number of ketones is 1. The maximum Gasteiger partial charge on any atom is 0.316 e. The molecule has 0 atom stereocenters. The van der Waals surface area contributed by atoms with Crippen molar-refractivity contribution in [3.63, 3.8) is 0 Å². The topological polar surface area (TPSA) is 48.3 Å². The monoisotopic (exact) mass is 447 g/mol. The van der Waals surface area contributed by atoms with Gasteiger partial charge in [0.2, 0.25) is 5.78 Å².